The Kier molecular flexibility index (Phi) is 5.31. The highest BCUT2D eigenvalue weighted by molar-refractivity contribution is 6.35. The van der Waals surface area contributed by atoms with Gasteiger partial charge in [0, 0.05) is 32.9 Å². The first-order valence-corrected chi connectivity index (χ1v) is 8.02. The molecule has 0 aliphatic heterocycles. The van der Waals surface area contributed by atoms with E-state index in [1.54, 1.807) is 0 Å². The SMILES string of the molecule is CCc1nn(Cc2c(Cl)cccc2Cl)c(CC)c1C(C)N. The minimum atomic E-state index is -0.0228. The zero-order chi connectivity index (χ0) is 15.6. The number of benzene rings is 1. The van der Waals surface area contributed by atoms with Gasteiger partial charge in [-0.2, -0.15) is 5.10 Å². The van der Waals surface area contributed by atoms with Crippen LogP contribution >= 0.6 is 23.2 Å². The molecule has 2 N–H and O–H groups in total. The van der Waals surface area contributed by atoms with Crippen LogP contribution in [0.5, 0.6) is 0 Å². The second-order valence-corrected chi connectivity index (χ2v) is 5.98. The maximum absolute atomic E-state index is 6.27. The van der Waals surface area contributed by atoms with E-state index in [0.29, 0.717) is 16.6 Å². The third-order valence-corrected chi connectivity index (χ3v) is 4.38. The molecule has 0 saturated carbocycles. The molecule has 21 heavy (non-hydrogen) atoms. The average molecular weight is 326 g/mol. The summed E-state index contributed by atoms with van der Waals surface area (Å²) < 4.78 is 1.99. The van der Waals surface area contributed by atoms with Crippen molar-refractivity contribution in [2.75, 3.05) is 0 Å². The van der Waals surface area contributed by atoms with Gasteiger partial charge in [0.05, 0.1) is 12.2 Å². The molecule has 1 aromatic carbocycles. The van der Waals surface area contributed by atoms with Crippen molar-refractivity contribution in [1.29, 1.82) is 0 Å². The summed E-state index contributed by atoms with van der Waals surface area (Å²) in [5.41, 5.74) is 10.4. The average Bonchev–Trinajstić information content (AvgIpc) is 2.80. The normalized spacial score (nSPS) is 12.7. The van der Waals surface area contributed by atoms with Gasteiger partial charge in [0.15, 0.2) is 0 Å². The van der Waals surface area contributed by atoms with Crippen molar-refractivity contribution in [2.24, 2.45) is 5.73 Å². The van der Waals surface area contributed by atoms with Gasteiger partial charge in [0.2, 0.25) is 0 Å². The number of rotatable bonds is 5. The predicted octanol–water partition coefficient (Wildman–Crippen LogP) is 4.38. The fraction of sp³-hybridized carbons (Fsp3) is 0.438. The first-order chi connectivity index (χ1) is 9.99. The van der Waals surface area contributed by atoms with Crippen molar-refractivity contribution in [3.8, 4) is 0 Å². The van der Waals surface area contributed by atoms with Gasteiger partial charge in [0.1, 0.15) is 0 Å². The topological polar surface area (TPSA) is 43.8 Å². The number of nitrogens with zero attached hydrogens (tertiary/aromatic N) is 2. The summed E-state index contributed by atoms with van der Waals surface area (Å²) in [4.78, 5) is 0. The molecule has 0 spiro atoms. The lowest BCUT2D eigenvalue weighted by molar-refractivity contribution is 0.637. The van der Waals surface area contributed by atoms with Gasteiger partial charge >= 0.3 is 0 Å². The van der Waals surface area contributed by atoms with Crippen LogP contribution in [0.2, 0.25) is 10.0 Å². The second-order valence-electron chi connectivity index (χ2n) is 5.16. The summed E-state index contributed by atoms with van der Waals surface area (Å²) in [7, 11) is 0. The second kappa shape index (κ2) is 6.82. The van der Waals surface area contributed by atoms with Crippen LogP contribution in [0.4, 0.5) is 0 Å². The molecule has 0 aliphatic carbocycles. The van der Waals surface area contributed by atoms with Gasteiger partial charge in [-0.15, -0.1) is 0 Å². The summed E-state index contributed by atoms with van der Waals surface area (Å²) in [5.74, 6) is 0. The number of hydrogen-bond donors (Lipinski definition) is 1. The Hall–Kier alpha value is -1.03. The monoisotopic (exact) mass is 325 g/mol. The fourth-order valence-electron chi connectivity index (χ4n) is 2.69. The number of nitrogens with two attached hydrogens (primary N) is 1. The Bertz CT molecular complexity index is 612. The van der Waals surface area contributed by atoms with Crippen LogP contribution in [0.25, 0.3) is 0 Å². The van der Waals surface area contributed by atoms with Gasteiger partial charge in [-0.3, -0.25) is 4.68 Å². The van der Waals surface area contributed by atoms with E-state index in [-0.39, 0.29) is 6.04 Å². The molecule has 2 aromatic rings. The third kappa shape index (κ3) is 3.25. The van der Waals surface area contributed by atoms with E-state index in [0.717, 1.165) is 35.4 Å². The van der Waals surface area contributed by atoms with E-state index in [1.165, 1.54) is 0 Å². The number of aryl methyl sites for hydroxylation is 1. The molecule has 1 aromatic heterocycles. The zero-order valence-electron chi connectivity index (χ0n) is 12.7. The molecule has 3 nitrogen and oxygen atoms in total. The lowest BCUT2D eigenvalue weighted by Gasteiger charge is -2.12. The van der Waals surface area contributed by atoms with Gasteiger partial charge in [-0.05, 0) is 31.9 Å². The van der Waals surface area contributed by atoms with Crippen LogP contribution in [-0.4, -0.2) is 9.78 Å². The van der Waals surface area contributed by atoms with Crippen molar-refractivity contribution in [3.05, 3.63) is 50.8 Å². The van der Waals surface area contributed by atoms with Crippen molar-refractivity contribution in [3.63, 3.8) is 0 Å². The number of halogens is 2. The molecular weight excluding hydrogens is 305 g/mol. The minimum Gasteiger partial charge on any atom is -0.324 e. The van der Waals surface area contributed by atoms with E-state index >= 15 is 0 Å². The standard InChI is InChI=1S/C16H21Cl2N3/c1-4-14-16(10(3)19)15(5-2)21(20-14)9-11-12(17)7-6-8-13(11)18/h6-8,10H,4-5,9,19H2,1-3H3. The highest BCUT2D eigenvalue weighted by atomic mass is 35.5. The van der Waals surface area contributed by atoms with Crippen LogP contribution in [0.1, 0.15) is 49.3 Å². The number of hydrogen-bond acceptors (Lipinski definition) is 2. The van der Waals surface area contributed by atoms with Crippen LogP contribution in [0.15, 0.2) is 18.2 Å². The van der Waals surface area contributed by atoms with Gasteiger partial charge in [0.25, 0.3) is 0 Å². The van der Waals surface area contributed by atoms with Gasteiger partial charge < -0.3 is 5.73 Å². The van der Waals surface area contributed by atoms with E-state index < -0.39 is 0 Å². The molecule has 5 heteroatoms. The molecule has 0 amide bonds. The van der Waals surface area contributed by atoms with Crippen molar-refractivity contribution < 1.29 is 0 Å². The number of aromatic nitrogens is 2. The third-order valence-electron chi connectivity index (χ3n) is 3.67. The van der Waals surface area contributed by atoms with E-state index in [4.69, 9.17) is 34.0 Å². The van der Waals surface area contributed by atoms with Crippen LogP contribution in [0.3, 0.4) is 0 Å². The molecule has 1 unspecified atom stereocenters. The molecule has 114 valence electrons. The molecule has 2 rings (SSSR count). The highest BCUT2D eigenvalue weighted by Crippen LogP contribution is 2.28. The lowest BCUT2D eigenvalue weighted by atomic mass is 10.0. The summed E-state index contributed by atoms with van der Waals surface area (Å²) >= 11 is 12.5. The summed E-state index contributed by atoms with van der Waals surface area (Å²) in [6.45, 7) is 6.79. The highest BCUT2D eigenvalue weighted by Gasteiger charge is 2.19. The first kappa shape index (κ1) is 16.3. The van der Waals surface area contributed by atoms with Crippen LogP contribution in [-0.2, 0) is 19.4 Å². The Morgan fingerprint density at radius 1 is 1.19 bits per heavy atom. The maximum Gasteiger partial charge on any atom is 0.0692 e. The molecule has 0 saturated heterocycles. The van der Waals surface area contributed by atoms with E-state index in [2.05, 4.69) is 13.8 Å². The summed E-state index contributed by atoms with van der Waals surface area (Å²) in [6, 6.07) is 5.53. The Morgan fingerprint density at radius 3 is 2.29 bits per heavy atom. The van der Waals surface area contributed by atoms with E-state index in [1.807, 2.05) is 29.8 Å². The largest absolute Gasteiger partial charge is 0.324 e. The molecule has 0 fully saturated rings. The first-order valence-electron chi connectivity index (χ1n) is 7.26. The molecule has 0 bridgehead atoms. The van der Waals surface area contributed by atoms with Gasteiger partial charge in [-0.1, -0.05) is 43.1 Å². The predicted molar refractivity (Wildman–Crippen MR) is 89.1 cm³/mol. The van der Waals surface area contributed by atoms with Crippen molar-refractivity contribution in [1.82, 2.24) is 9.78 Å². The minimum absolute atomic E-state index is 0.0228. The zero-order valence-corrected chi connectivity index (χ0v) is 14.2. The molecule has 0 radical (unpaired) electrons. The van der Waals surface area contributed by atoms with Crippen LogP contribution < -0.4 is 5.73 Å². The Morgan fingerprint density at radius 2 is 1.81 bits per heavy atom. The Balaban J connectivity index is 2.50. The van der Waals surface area contributed by atoms with E-state index in [9.17, 15) is 0 Å². The van der Waals surface area contributed by atoms with Gasteiger partial charge in [-0.25, -0.2) is 0 Å². The van der Waals surface area contributed by atoms with Crippen molar-refractivity contribution >= 4 is 23.2 Å². The molecule has 0 aliphatic rings. The molecular formula is C16H21Cl2N3. The lowest BCUT2D eigenvalue weighted by Crippen LogP contribution is -2.11. The molecule has 1 heterocycles. The quantitative estimate of drug-likeness (QED) is 0.886. The molecule has 1 atom stereocenters. The summed E-state index contributed by atoms with van der Waals surface area (Å²) in [6.07, 6.45) is 1.75. The smallest absolute Gasteiger partial charge is 0.0692 e. The fourth-order valence-corrected chi connectivity index (χ4v) is 3.21. The van der Waals surface area contributed by atoms with Crippen molar-refractivity contribution in [2.45, 2.75) is 46.2 Å². The Labute approximate surface area is 136 Å². The maximum atomic E-state index is 6.27. The van der Waals surface area contributed by atoms with Crippen LogP contribution in [0, 0.1) is 0 Å². The summed E-state index contributed by atoms with van der Waals surface area (Å²) in [5, 5.41) is 6.05.